The van der Waals surface area contributed by atoms with Gasteiger partial charge in [0.05, 0.1) is 18.8 Å². The molecule has 28 heavy (non-hydrogen) atoms. The average Bonchev–Trinajstić information content (AvgIpc) is 2.72. The summed E-state index contributed by atoms with van der Waals surface area (Å²) in [6.45, 7) is 5.04. The maximum Gasteiger partial charge on any atom is 0.416 e. The van der Waals surface area contributed by atoms with Gasteiger partial charge in [-0.25, -0.2) is 0 Å². The Morgan fingerprint density at radius 2 is 2.00 bits per heavy atom. The zero-order valence-electron chi connectivity index (χ0n) is 16.1. The molecule has 0 aromatic heterocycles. The van der Waals surface area contributed by atoms with Crippen LogP contribution in [0.2, 0.25) is 0 Å². The Kier molecular flexibility index (Phi) is 6.83. The van der Waals surface area contributed by atoms with Gasteiger partial charge in [-0.1, -0.05) is 17.7 Å². The lowest BCUT2D eigenvalue weighted by atomic mass is 10.1. The second-order valence-corrected chi connectivity index (χ2v) is 6.93. The predicted molar refractivity (Wildman–Crippen MR) is 105 cm³/mol. The summed E-state index contributed by atoms with van der Waals surface area (Å²) in [5.74, 6) is 0.844. The molecule has 1 saturated heterocycles. The van der Waals surface area contributed by atoms with E-state index >= 15 is 0 Å². The number of piperazine rings is 1. The van der Waals surface area contributed by atoms with Crippen molar-refractivity contribution >= 4 is 11.6 Å². The number of guanidine groups is 1. The number of ether oxygens (including phenoxy) is 1. The number of hydrogen-bond donors (Lipinski definition) is 1. The summed E-state index contributed by atoms with van der Waals surface area (Å²) in [4.78, 5) is 8.51. The first-order valence-electron chi connectivity index (χ1n) is 9.61. The van der Waals surface area contributed by atoms with Gasteiger partial charge in [-0.2, -0.15) is 13.2 Å². The third-order valence-electron chi connectivity index (χ3n) is 5.12. The Labute approximate surface area is 163 Å². The number of anilines is 1. The van der Waals surface area contributed by atoms with E-state index < -0.39 is 11.7 Å². The van der Waals surface area contributed by atoms with Crippen LogP contribution in [0.1, 0.15) is 18.4 Å². The lowest BCUT2D eigenvalue weighted by molar-refractivity contribution is -0.137. The monoisotopic (exact) mass is 396 g/mol. The third-order valence-corrected chi connectivity index (χ3v) is 5.12. The average molecular weight is 396 g/mol. The predicted octanol–water partition coefficient (Wildman–Crippen LogP) is 3.14. The molecule has 3 rings (SSSR count). The van der Waals surface area contributed by atoms with Crippen molar-refractivity contribution in [3.8, 4) is 0 Å². The molecule has 1 aromatic carbocycles. The van der Waals surface area contributed by atoms with Crippen LogP contribution in [-0.4, -0.2) is 63.8 Å². The molecule has 5 nitrogen and oxygen atoms in total. The van der Waals surface area contributed by atoms with Crippen LogP contribution < -0.4 is 10.2 Å². The van der Waals surface area contributed by atoms with Gasteiger partial charge in [0.1, 0.15) is 0 Å². The number of aliphatic imine (C=N–C) groups is 1. The molecule has 0 radical (unpaired) electrons. The van der Waals surface area contributed by atoms with Gasteiger partial charge in [0.25, 0.3) is 0 Å². The molecule has 0 atom stereocenters. The van der Waals surface area contributed by atoms with Gasteiger partial charge >= 0.3 is 6.18 Å². The van der Waals surface area contributed by atoms with E-state index in [-0.39, 0.29) is 0 Å². The molecule has 0 bridgehead atoms. The van der Waals surface area contributed by atoms with Crippen LogP contribution in [0.15, 0.2) is 40.9 Å². The Morgan fingerprint density at radius 1 is 1.21 bits per heavy atom. The van der Waals surface area contributed by atoms with Gasteiger partial charge < -0.3 is 19.9 Å². The van der Waals surface area contributed by atoms with Crippen molar-refractivity contribution in [2.75, 3.05) is 57.9 Å². The quantitative estimate of drug-likeness (QED) is 0.482. The first-order chi connectivity index (χ1) is 13.5. The van der Waals surface area contributed by atoms with E-state index in [4.69, 9.17) is 4.74 Å². The zero-order chi connectivity index (χ0) is 20.0. The van der Waals surface area contributed by atoms with Crippen LogP contribution in [0.4, 0.5) is 18.9 Å². The SMILES string of the molecule is CN=C(NCCC1=CCOCC1)N1CCN(c2cccc(C(F)(F)F)c2)CC1. The maximum atomic E-state index is 12.9. The molecule has 0 aliphatic carbocycles. The van der Waals surface area contributed by atoms with Crippen LogP contribution in [0.5, 0.6) is 0 Å². The lowest BCUT2D eigenvalue weighted by Gasteiger charge is -2.38. The number of nitrogens with one attached hydrogen (secondary N) is 1. The number of benzene rings is 1. The highest BCUT2D eigenvalue weighted by Crippen LogP contribution is 2.31. The van der Waals surface area contributed by atoms with Crippen LogP contribution >= 0.6 is 0 Å². The second-order valence-electron chi connectivity index (χ2n) is 6.93. The van der Waals surface area contributed by atoms with Crippen LogP contribution in [-0.2, 0) is 10.9 Å². The number of alkyl halides is 3. The third kappa shape index (κ3) is 5.41. The molecular formula is C20H27F3N4O. The van der Waals surface area contributed by atoms with Gasteiger partial charge in [-0.15, -0.1) is 0 Å². The van der Waals surface area contributed by atoms with E-state index in [2.05, 4.69) is 21.3 Å². The normalized spacial score (nSPS) is 18.9. The van der Waals surface area contributed by atoms with Crippen LogP contribution in [0.3, 0.4) is 0 Å². The summed E-state index contributed by atoms with van der Waals surface area (Å²) in [6, 6.07) is 5.54. The summed E-state index contributed by atoms with van der Waals surface area (Å²) in [6.07, 6.45) is -0.228. The molecule has 154 valence electrons. The largest absolute Gasteiger partial charge is 0.416 e. The second kappa shape index (κ2) is 9.32. The fraction of sp³-hybridized carbons (Fsp3) is 0.550. The van der Waals surface area contributed by atoms with E-state index in [0.717, 1.165) is 38.0 Å². The molecule has 2 heterocycles. The smallest absolute Gasteiger partial charge is 0.377 e. The lowest BCUT2D eigenvalue weighted by Crippen LogP contribution is -2.52. The first-order valence-corrected chi connectivity index (χ1v) is 9.61. The fourth-order valence-electron chi connectivity index (χ4n) is 3.52. The van der Waals surface area contributed by atoms with Gasteiger partial charge in [0.15, 0.2) is 5.96 Å². The first kappa shape index (κ1) is 20.5. The highest BCUT2D eigenvalue weighted by atomic mass is 19.4. The molecule has 1 fully saturated rings. The molecule has 2 aliphatic rings. The molecule has 0 unspecified atom stereocenters. The van der Waals surface area contributed by atoms with E-state index in [1.807, 2.05) is 4.90 Å². The molecule has 2 aliphatic heterocycles. The molecule has 8 heteroatoms. The van der Waals surface area contributed by atoms with Crippen molar-refractivity contribution in [1.29, 1.82) is 0 Å². The molecule has 1 N–H and O–H groups in total. The number of hydrogen-bond acceptors (Lipinski definition) is 3. The summed E-state index contributed by atoms with van der Waals surface area (Å²) in [5.41, 5.74) is 1.42. The van der Waals surface area contributed by atoms with Crippen LogP contribution in [0.25, 0.3) is 0 Å². The summed E-state index contributed by atoms with van der Waals surface area (Å²) >= 11 is 0. The minimum atomic E-state index is -4.32. The van der Waals surface area contributed by atoms with Crippen molar-refractivity contribution in [3.63, 3.8) is 0 Å². The minimum Gasteiger partial charge on any atom is -0.377 e. The topological polar surface area (TPSA) is 40.1 Å². The zero-order valence-corrected chi connectivity index (χ0v) is 16.1. The van der Waals surface area contributed by atoms with Gasteiger partial charge in [-0.05, 0) is 31.0 Å². The van der Waals surface area contributed by atoms with E-state index in [9.17, 15) is 13.2 Å². The molecule has 0 saturated carbocycles. The van der Waals surface area contributed by atoms with Gasteiger partial charge in [-0.3, -0.25) is 4.99 Å². The van der Waals surface area contributed by atoms with E-state index in [1.165, 1.54) is 17.7 Å². The molecule has 1 aromatic rings. The Bertz CT molecular complexity index is 710. The summed E-state index contributed by atoms with van der Waals surface area (Å²) in [7, 11) is 1.76. The molecule has 0 amide bonds. The minimum absolute atomic E-state index is 0.604. The maximum absolute atomic E-state index is 12.9. The number of halogens is 3. The van der Waals surface area contributed by atoms with Crippen molar-refractivity contribution in [2.24, 2.45) is 4.99 Å². The Hall–Kier alpha value is -2.22. The molecule has 0 spiro atoms. The Balaban J connectivity index is 1.50. The van der Waals surface area contributed by atoms with Crippen LogP contribution in [0, 0.1) is 0 Å². The number of nitrogens with zero attached hydrogens (tertiary/aromatic N) is 3. The van der Waals surface area contributed by atoms with Gasteiger partial charge in [0.2, 0.25) is 0 Å². The molecular weight excluding hydrogens is 369 g/mol. The Morgan fingerprint density at radius 3 is 2.64 bits per heavy atom. The van der Waals surface area contributed by atoms with Crippen molar-refractivity contribution < 1.29 is 17.9 Å². The van der Waals surface area contributed by atoms with E-state index in [0.29, 0.717) is 38.5 Å². The summed E-state index contributed by atoms with van der Waals surface area (Å²) < 4.78 is 44.1. The van der Waals surface area contributed by atoms with E-state index in [1.54, 1.807) is 13.1 Å². The fourth-order valence-corrected chi connectivity index (χ4v) is 3.52. The highest BCUT2D eigenvalue weighted by molar-refractivity contribution is 5.80. The van der Waals surface area contributed by atoms with Crippen molar-refractivity contribution in [1.82, 2.24) is 10.2 Å². The summed E-state index contributed by atoms with van der Waals surface area (Å²) in [5, 5.41) is 3.40. The highest BCUT2D eigenvalue weighted by Gasteiger charge is 2.31. The van der Waals surface area contributed by atoms with Crippen molar-refractivity contribution in [3.05, 3.63) is 41.5 Å². The van der Waals surface area contributed by atoms with Gasteiger partial charge in [0, 0.05) is 45.5 Å². The number of rotatable bonds is 4. The van der Waals surface area contributed by atoms with Crippen molar-refractivity contribution in [2.45, 2.75) is 19.0 Å². The standard InChI is InChI=1S/C20H27F3N4O/c1-24-19(25-8-5-16-6-13-28-14-7-16)27-11-9-26(10-12-27)18-4-2-3-17(15-18)20(21,22)23/h2-4,6,15H,5,7-14H2,1H3,(H,24,25).